The van der Waals surface area contributed by atoms with Gasteiger partial charge in [-0.05, 0) is 47.6 Å². The van der Waals surface area contributed by atoms with Gasteiger partial charge in [0.2, 0.25) is 0 Å². The Morgan fingerprint density at radius 1 is 1.31 bits per heavy atom. The summed E-state index contributed by atoms with van der Waals surface area (Å²) in [6.45, 7) is 12.3. The number of hydrogen-bond donors (Lipinski definition) is 2. The molecule has 0 fully saturated rings. The van der Waals surface area contributed by atoms with E-state index < -0.39 is 0 Å². The first-order chi connectivity index (χ1) is 7.38. The summed E-state index contributed by atoms with van der Waals surface area (Å²) in [4.78, 5) is 0. The molecule has 0 saturated heterocycles. The number of anilines is 1. The largest absolute Gasteiger partial charge is 0.382 e. The molecule has 92 valence electrons. The van der Waals surface area contributed by atoms with Crippen LogP contribution in [0.1, 0.15) is 38.6 Å². The van der Waals surface area contributed by atoms with Gasteiger partial charge in [-0.25, -0.2) is 0 Å². The number of rotatable bonds is 4. The van der Waals surface area contributed by atoms with Crippen molar-refractivity contribution in [3.8, 4) is 0 Å². The van der Waals surface area contributed by atoms with Crippen molar-refractivity contribution in [2.75, 3.05) is 18.4 Å². The number of aromatic nitrogens is 2. The van der Waals surface area contributed by atoms with Crippen LogP contribution in [0, 0.1) is 13.8 Å². The highest BCUT2D eigenvalue weighted by Gasteiger charge is 2.20. The molecule has 0 aliphatic rings. The van der Waals surface area contributed by atoms with E-state index in [0.29, 0.717) is 0 Å². The van der Waals surface area contributed by atoms with Crippen molar-refractivity contribution in [1.82, 2.24) is 9.78 Å². The average molecular weight is 224 g/mol. The Morgan fingerprint density at radius 3 is 2.38 bits per heavy atom. The van der Waals surface area contributed by atoms with Gasteiger partial charge in [0.05, 0.1) is 22.6 Å². The van der Waals surface area contributed by atoms with Crippen LogP contribution < -0.4 is 11.1 Å². The minimum Gasteiger partial charge on any atom is -0.382 e. The Hall–Kier alpha value is -1.03. The summed E-state index contributed by atoms with van der Waals surface area (Å²) in [5, 5.41) is 7.99. The molecule has 0 unspecified atom stereocenters. The minimum atomic E-state index is 0.0304. The van der Waals surface area contributed by atoms with Gasteiger partial charge in [0, 0.05) is 6.54 Å². The molecular weight excluding hydrogens is 200 g/mol. The van der Waals surface area contributed by atoms with E-state index in [9.17, 15) is 0 Å². The second-order valence-electron chi connectivity index (χ2n) is 5.20. The average Bonchev–Trinajstić information content (AvgIpc) is 2.44. The van der Waals surface area contributed by atoms with Crippen LogP contribution in [0.2, 0.25) is 0 Å². The smallest absolute Gasteiger partial charge is 0.0828 e. The van der Waals surface area contributed by atoms with E-state index in [1.165, 1.54) is 5.69 Å². The Labute approximate surface area is 98.2 Å². The van der Waals surface area contributed by atoms with Gasteiger partial charge in [0.15, 0.2) is 0 Å². The second-order valence-corrected chi connectivity index (χ2v) is 5.20. The van der Waals surface area contributed by atoms with Crippen LogP contribution in [-0.2, 0) is 5.54 Å². The van der Waals surface area contributed by atoms with E-state index in [-0.39, 0.29) is 5.54 Å². The SMILES string of the molecule is Cc1nn(C(C)(C)C)c(C)c1NCCCN. The Balaban J connectivity index is 2.90. The summed E-state index contributed by atoms with van der Waals surface area (Å²) < 4.78 is 2.08. The standard InChI is InChI=1S/C12H24N4/c1-9-11(14-8-6-7-13)10(2)16(15-9)12(3,4)5/h14H,6-8,13H2,1-5H3. The maximum absolute atomic E-state index is 5.48. The van der Waals surface area contributed by atoms with Gasteiger partial charge >= 0.3 is 0 Å². The lowest BCUT2D eigenvalue weighted by atomic mass is 10.1. The molecule has 0 radical (unpaired) electrons. The highest BCUT2D eigenvalue weighted by molar-refractivity contribution is 5.52. The third-order valence-electron chi connectivity index (χ3n) is 2.61. The van der Waals surface area contributed by atoms with E-state index in [4.69, 9.17) is 5.73 Å². The molecule has 0 aliphatic carbocycles. The first-order valence-electron chi connectivity index (χ1n) is 5.88. The van der Waals surface area contributed by atoms with Crippen molar-refractivity contribution in [3.63, 3.8) is 0 Å². The fraction of sp³-hybridized carbons (Fsp3) is 0.750. The maximum Gasteiger partial charge on any atom is 0.0828 e. The van der Waals surface area contributed by atoms with Crippen LogP contribution in [0.4, 0.5) is 5.69 Å². The fourth-order valence-corrected chi connectivity index (χ4v) is 1.87. The Kier molecular flexibility index (Phi) is 3.97. The summed E-state index contributed by atoms with van der Waals surface area (Å²) in [6, 6.07) is 0. The lowest BCUT2D eigenvalue weighted by Gasteiger charge is -2.21. The van der Waals surface area contributed by atoms with E-state index in [0.717, 1.165) is 30.9 Å². The normalized spacial score (nSPS) is 11.9. The molecule has 3 N–H and O–H groups in total. The first kappa shape index (κ1) is 13.0. The molecule has 0 saturated carbocycles. The number of hydrogen-bond acceptors (Lipinski definition) is 3. The molecule has 4 heteroatoms. The maximum atomic E-state index is 5.48. The summed E-state index contributed by atoms with van der Waals surface area (Å²) >= 11 is 0. The van der Waals surface area contributed by atoms with Gasteiger partial charge in [-0.3, -0.25) is 4.68 Å². The zero-order chi connectivity index (χ0) is 12.3. The monoisotopic (exact) mass is 224 g/mol. The summed E-state index contributed by atoms with van der Waals surface area (Å²) in [5.74, 6) is 0. The van der Waals surface area contributed by atoms with Crippen LogP contribution in [0.25, 0.3) is 0 Å². The Bertz CT molecular complexity index is 347. The zero-order valence-corrected chi connectivity index (χ0v) is 11.1. The molecule has 1 aromatic heterocycles. The molecule has 0 aromatic carbocycles. The van der Waals surface area contributed by atoms with Crippen molar-refractivity contribution in [2.24, 2.45) is 5.73 Å². The van der Waals surface area contributed by atoms with Crippen molar-refractivity contribution in [3.05, 3.63) is 11.4 Å². The predicted octanol–water partition coefficient (Wildman–Crippen LogP) is 2.02. The molecule has 1 heterocycles. The fourth-order valence-electron chi connectivity index (χ4n) is 1.87. The van der Waals surface area contributed by atoms with Gasteiger partial charge in [-0.1, -0.05) is 0 Å². The summed E-state index contributed by atoms with van der Waals surface area (Å²) in [7, 11) is 0. The minimum absolute atomic E-state index is 0.0304. The van der Waals surface area contributed by atoms with Crippen molar-refractivity contribution in [1.29, 1.82) is 0 Å². The molecule has 16 heavy (non-hydrogen) atoms. The van der Waals surface area contributed by atoms with Crippen LogP contribution in [0.15, 0.2) is 0 Å². The quantitative estimate of drug-likeness (QED) is 0.769. The third-order valence-corrected chi connectivity index (χ3v) is 2.61. The number of nitrogens with two attached hydrogens (primary N) is 1. The first-order valence-corrected chi connectivity index (χ1v) is 5.88. The van der Waals surface area contributed by atoms with E-state index >= 15 is 0 Å². The molecule has 1 aromatic rings. The van der Waals surface area contributed by atoms with Gasteiger partial charge in [0.25, 0.3) is 0 Å². The van der Waals surface area contributed by atoms with Gasteiger partial charge < -0.3 is 11.1 Å². The highest BCUT2D eigenvalue weighted by atomic mass is 15.3. The van der Waals surface area contributed by atoms with Crippen LogP contribution in [0.3, 0.4) is 0 Å². The molecule has 0 bridgehead atoms. The second kappa shape index (κ2) is 4.87. The molecule has 0 spiro atoms. The number of nitrogens with zero attached hydrogens (tertiary/aromatic N) is 2. The lowest BCUT2D eigenvalue weighted by Crippen LogP contribution is -2.24. The van der Waals surface area contributed by atoms with Gasteiger partial charge in [0.1, 0.15) is 0 Å². The van der Waals surface area contributed by atoms with Crippen molar-refractivity contribution in [2.45, 2.75) is 46.6 Å². The highest BCUT2D eigenvalue weighted by Crippen LogP contribution is 2.25. The van der Waals surface area contributed by atoms with Gasteiger partial charge in [-0.2, -0.15) is 5.10 Å². The molecule has 0 aliphatic heterocycles. The number of nitrogens with one attached hydrogen (secondary N) is 1. The molecule has 0 atom stereocenters. The number of aryl methyl sites for hydroxylation is 1. The van der Waals surface area contributed by atoms with Crippen molar-refractivity contribution < 1.29 is 0 Å². The summed E-state index contributed by atoms with van der Waals surface area (Å²) in [6.07, 6.45) is 0.986. The van der Waals surface area contributed by atoms with Crippen LogP contribution in [0.5, 0.6) is 0 Å². The van der Waals surface area contributed by atoms with Crippen molar-refractivity contribution >= 4 is 5.69 Å². The summed E-state index contributed by atoms with van der Waals surface area (Å²) in [5.41, 5.74) is 8.92. The molecule has 4 nitrogen and oxygen atoms in total. The molecule has 0 amide bonds. The van der Waals surface area contributed by atoms with E-state index in [1.807, 2.05) is 6.92 Å². The Morgan fingerprint density at radius 2 is 1.94 bits per heavy atom. The third kappa shape index (κ3) is 2.76. The topological polar surface area (TPSA) is 55.9 Å². The zero-order valence-electron chi connectivity index (χ0n) is 11.1. The van der Waals surface area contributed by atoms with E-state index in [1.54, 1.807) is 0 Å². The molecule has 1 rings (SSSR count). The lowest BCUT2D eigenvalue weighted by molar-refractivity contribution is 0.347. The van der Waals surface area contributed by atoms with Crippen LogP contribution >= 0.6 is 0 Å². The van der Waals surface area contributed by atoms with E-state index in [2.05, 4.69) is 42.8 Å². The molecular formula is C12H24N4. The van der Waals surface area contributed by atoms with Gasteiger partial charge in [-0.15, -0.1) is 0 Å². The van der Waals surface area contributed by atoms with Crippen LogP contribution in [-0.4, -0.2) is 22.9 Å². The predicted molar refractivity (Wildman–Crippen MR) is 68.9 cm³/mol.